The highest BCUT2D eigenvalue weighted by Gasteiger charge is 1.34. The molecule has 3 radical (unpaired) electrons. The maximum Gasteiger partial charge on any atom is 0.0372 e. The first-order valence-electron chi connectivity index (χ1n) is 0.931. The Labute approximate surface area is 31.3 Å². The molecule has 0 spiro atoms. The molecule has 0 saturated heterocycles. The summed E-state index contributed by atoms with van der Waals surface area (Å²) >= 11 is 0. The second-order valence-electron chi connectivity index (χ2n) is 0.348. The summed E-state index contributed by atoms with van der Waals surface area (Å²) in [5.41, 5.74) is 0. The molecule has 0 aliphatic carbocycles. The third-order valence-electron chi connectivity index (χ3n) is 0.102. The summed E-state index contributed by atoms with van der Waals surface area (Å²) in [5.74, 6) is 0. The van der Waals surface area contributed by atoms with Crippen molar-refractivity contribution in [1.29, 1.82) is 0 Å². The molecule has 0 nitrogen and oxygen atoms in total. The van der Waals surface area contributed by atoms with Gasteiger partial charge in [0.25, 0.3) is 0 Å². The first-order valence-corrected chi connectivity index (χ1v) is 2.79. The molecule has 0 aliphatic rings. The third-order valence-corrected chi connectivity index (χ3v) is 0.919. The van der Waals surface area contributed by atoms with Crippen LogP contribution in [0, 0.1) is 0 Å². The second-order valence-corrected chi connectivity index (χ2v) is 1.91. The first kappa shape index (κ1) is 4.17. The van der Waals surface area contributed by atoms with Crippen molar-refractivity contribution in [1.82, 2.24) is 0 Å². The summed E-state index contributed by atoms with van der Waals surface area (Å²) in [6.07, 6.45) is 3.53. The molecule has 0 aromatic rings. The Bertz CT molecular complexity index is 25.0. The minimum atomic E-state index is 0.679. The summed E-state index contributed by atoms with van der Waals surface area (Å²) in [4.78, 5) is 0. The van der Waals surface area contributed by atoms with E-state index in [1.807, 2.05) is 5.30 Å². The van der Waals surface area contributed by atoms with Gasteiger partial charge >= 0.3 is 0 Å². The van der Waals surface area contributed by atoms with Gasteiger partial charge in [0, 0.05) is 19.0 Å². The Balaban J connectivity index is 2.73. The molecule has 2 heteroatoms. The zero-order chi connectivity index (χ0) is 3.41. The minimum absolute atomic E-state index is 0.679. The van der Waals surface area contributed by atoms with E-state index in [2.05, 4.69) is 16.0 Å². The van der Waals surface area contributed by atoms with E-state index in [0.717, 1.165) is 0 Å². The lowest BCUT2D eigenvalue weighted by Gasteiger charge is -1.40. The predicted octanol–water partition coefficient (Wildman–Crippen LogP) is -0.949. The van der Waals surface area contributed by atoms with Crippen molar-refractivity contribution in [3.63, 3.8) is 0 Å². The summed E-state index contributed by atoms with van der Waals surface area (Å²) < 4.78 is 0. The maximum atomic E-state index is 3.53. The molecule has 0 amide bonds. The molecule has 0 aromatic heterocycles. The minimum Gasteiger partial charge on any atom is -0.114 e. The lowest BCUT2D eigenvalue weighted by Crippen LogP contribution is -1.70. The van der Waals surface area contributed by atoms with E-state index in [1.165, 1.54) is 0 Å². The van der Waals surface area contributed by atoms with E-state index >= 15 is 0 Å². The van der Waals surface area contributed by atoms with Gasteiger partial charge in [-0.2, -0.15) is 0 Å². The first-order chi connectivity index (χ1) is 1.91. The van der Waals surface area contributed by atoms with E-state index in [9.17, 15) is 0 Å². The van der Waals surface area contributed by atoms with E-state index in [1.54, 1.807) is 0 Å². The Hall–Kier alpha value is 0.174. The summed E-state index contributed by atoms with van der Waals surface area (Å²) in [6, 6.07) is 0. The SMILES string of the molecule is C=[Si]C=[Si]. The van der Waals surface area contributed by atoms with Gasteiger partial charge < -0.3 is 0 Å². The van der Waals surface area contributed by atoms with Crippen molar-refractivity contribution in [3.8, 4) is 0 Å². The molecule has 0 fully saturated rings. The van der Waals surface area contributed by atoms with Gasteiger partial charge in [0.1, 0.15) is 0 Å². The van der Waals surface area contributed by atoms with Crippen LogP contribution in [0.1, 0.15) is 0 Å². The van der Waals surface area contributed by atoms with Crippen molar-refractivity contribution < 1.29 is 0 Å². The molecule has 0 rings (SSSR count). The molecule has 0 heterocycles. The van der Waals surface area contributed by atoms with Gasteiger partial charge in [-0.05, 0) is 0 Å². The Morgan fingerprint density at radius 3 is 2.25 bits per heavy atom. The number of rotatable bonds is 1. The molecule has 19 valence electrons. The van der Waals surface area contributed by atoms with Gasteiger partial charge in [-0.1, -0.05) is 5.30 Å². The zero-order valence-corrected chi connectivity index (χ0v) is 4.28. The topological polar surface area (TPSA) is 0 Å². The largest absolute Gasteiger partial charge is 0.114 e. The Morgan fingerprint density at radius 2 is 2.25 bits per heavy atom. The van der Waals surface area contributed by atoms with Crippen LogP contribution in [0.4, 0.5) is 0 Å². The van der Waals surface area contributed by atoms with E-state index in [-0.39, 0.29) is 0 Å². The summed E-state index contributed by atoms with van der Waals surface area (Å²) in [6.45, 7) is 0. The van der Waals surface area contributed by atoms with Crippen LogP contribution in [0.25, 0.3) is 0 Å². The van der Waals surface area contributed by atoms with Gasteiger partial charge in [-0.15, -0.1) is 6.17 Å². The number of hydrogen-bond acceptors (Lipinski definition) is 0. The Morgan fingerprint density at radius 1 is 2.00 bits per heavy atom. The van der Waals surface area contributed by atoms with Crippen LogP contribution < -0.4 is 0 Å². The predicted molar refractivity (Wildman–Crippen MR) is 24.7 cm³/mol. The van der Waals surface area contributed by atoms with Gasteiger partial charge in [0.2, 0.25) is 0 Å². The Kier molecular flexibility index (Phi) is 3.31. The van der Waals surface area contributed by atoms with Crippen molar-refractivity contribution >= 4 is 30.5 Å². The number of hydrogen-bond donors (Lipinski definition) is 0. The molecular formula is C2H3Si2. The fraction of sp³-hybridized carbons (Fsp3) is 0. The smallest absolute Gasteiger partial charge is 0.0372 e. The quantitative estimate of drug-likeness (QED) is 0.359. The van der Waals surface area contributed by atoms with Crippen molar-refractivity contribution in [3.05, 3.63) is 0 Å². The molecule has 0 aliphatic heterocycles. The van der Waals surface area contributed by atoms with Gasteiger partial charge in [-0.25, -0.2) is 0 Å². The average molecular weight is 83.2 g/mol. The summed E-state index contributed by atoms with van der Waals surface area (Å²) in [5, 5.41) is 1.85. The molecule has 4 heavy (non-hydrogen) atoms. The van der Waals surface area contributed by atoms with Gasteiger partial charge in [0.15, 0.2) is 0 Å². The zero-order valence-electron chi connectivity index (χ0n) is 2.28. The summed E-state index contributed by atoms with van der Waals surface area (Å²) in [7, 11) is 3.79. The molecule has 0 unspecified atom stereocenters. The monoisotopic (exact) mass is 83.0 g/mol. The van der Waals surface area contributed by atoms with Crippen LogP contribution in [0.5, 0.6) is 0 Å². The molecule has 0 saturated carbocycles. The van der Waals surface area contributed by atoms with E-state index in [4.69, 9.17) is 0 Å². The fourth-order valence-corrected chi connectivity index (χ4v) is 0. The van der Waals surface area contributed by atoms with Crippen LogP contribution in [0.3, 0.4) is 0 Å². The van der Waals surface area contributed by atoms with Gasteiger partial charge in [0.05, 0.1) is 0 Å². The highest BCUT2D eigenvalue weighted by Crippen LogP contribution is 1.04. The molecule has 0 atom stereocenters. The van der Waals surface area contributed by atoms with E-state index in [0.29, 0.717) is 9.13 Å². The highest BCUT2D eigenvalue weighted by molar-refractivity contribution is 6.80. The fourth-order valence-electron chi connectivity index (χ4n) is 0. The second kappa shape index (κ2) is 3.17. The maximum absolute atomic E-state index is 3.53. The molecule has 0 bridgehead atoms. The molecular weight excluding hydrogens is 80.2 g/mol. The highest BCUT2D eigenvalue weighted by atomic mass is 28.2. The third kappa shape index (κ3) is 2.17. The molecule has 0 N–H and O–H groups in total. The van der Waals surface area contributed by atoms with Crippen molar-refractivity contribution in [2.45, 2.75) is 0 Å². The van der Waals surface area contributed by atoms with Crippen LogP contribution in [-0.2, 0) is 0 Å². The average Bonchev–Trinajstić information content (AvgIpc) is 1.37. The van der Waals surface area contributed by atoms with E-state index < -0.39 is 0 Å². The molecule has 0 aromatic carbocycles. The van der Waals surface area contributed by atoms with Crippen LogP contribution in [-0.4, -0.2) is 30.5 Å². The lowest BCUT2D eigenvalue weighted by atomic mass is 11.9. The van der Waals surface area contributed by atoms with Crippen molar-refractivity contribution in [2.75, 3.05) is 0 Å². The van der Waals surface area contributed by atoms with Crippen LogP contribution in [0.15, 0.2) is 0 Å². The van der Waals surface area contributed by atoms with Crippen LogP contribution in [0.2, 0.25) is 0 Å². The normalized spacial score (nSPS) is 5.00. The lowest BCUT2D eigenvalue weighted by molar-refractivity contribution is 3.96. The van der Waals surface area contributed by atoms with Gasteiger partial charge in [-0.3, -0.25) is 0 Å². The standard InChI is InChI=1S/C2H3Si2/c1-4-2-3/h2H,1H2. The van der Waals surface area contributed by atoms with Crippen LogP contribution >= 0.6 is 0 Å². The van der Waals surface area contributed by atoms with Crippen molar-refractivity contribution in [2.24, 2.45) is 0 Å².